The van der Waals surface area contributed by atoms with Gasteiger partial charge in [-0.2, -0.15) is 4.98 Å². The molecule has 0 amide bonds. The molecule has 0 aliphatic heterocycles. The molecule has 4 nitrogen and oxygen atoms in total. The highest BCUT2D eigenvalue weighted by molar-refractivity contribution is 9.10. The van der Waals surface area contributed by atoms with E-state index in [1.807, 2.05) is 19.1 Å². The summed E-state index contributed by atoms with van der Waals surface area (Å²) < 4.78 is 6.44. The van der Waals surface area contributed by atoms with Crippen LogP contribution in [0.3, 0.4) is 0 Å². The number of hydrogen-bond acceptors (Lipinski definition) is 4. The first-order valence-corrected chi connectivity index (χ1v) is 7.02. The third-order valence-corrected chi connectivity index (χ3v) is 3.35. The predicted octanol–water partition coefficient (Wildman–Crippen LogP) is 1.83. The van der Waals surface area contributed by atoms with Crippen LogP contribution in [0.15, 0.2) is 16.6 Å². The van der Waals surface area contributed by atoms with Gasteiger partial charge in [-0.05, 0) is 17.4 Å². The zero-order valence-corrected chi connectivity index (χ0v) is 12.7. The number of fused-ring (bicyclic) bond motifs is 1. The number of aliphatic hydroxyl groups is 1. The molecule has 0 bridgehead atoms. The number of aryl methyl sites for hydroxylation is 1. The molecule has 0 saturated carbocycles. The number of rotatable bonds is 4. The van der Waals surface area contributed by atoms with Gasteiger partial charge >= 0.3 is 0 Å². The van der Waals surface area contributed by atoms with Crippen molar-refractivity contribution in [1.82, 2.24) is 9.97 Å². The molecule has 96 valence electrons. The Bertz CT molecular complexity index is 577. The van der Waals surface area contributed by atoms with Crippen molar-refractivity contribution in [3.8, 4) is 5.88 Å². The van der Waals surface area contributed by atoms with Crippen LogP contribution in [-0.2, 0) is 6.42 Å². The van der Waals surface area contributed by atoms with Crippen molar-refractivity contribution in [2.24, 2.45) is 0 Å². The zero-order valence-electron chi connectivity index (χ0n) is 9.98. The lowest BCUT2D eigenvalue weighted by molar-refractivity contribution is 0.198. The Morgan fingerprint density at radius 3 is 2.83 bits per heavy atom. The summed E-state index contributed by atoms with van der Waals surface area (Å²) in [6, 6.07) is 3.91. The maximum absolute atomic E-state index is 8.85. The lowest BCUT2D eigenvalue weighted by Crippen LogP contribution is -2.08. The maximum Gasteiger partial charge on any atom is 0.224 e. The van der Waals surface area contributed by atoms with Gasteiger partial charge in [-0.3, -0.25) is 0 Å². The standard InChI is InChI=1S/C12H14BrN2O2P/c1-2-10-14-11-8(5-7(13)6-9(11)18)12(15-10)17-4-3-16/h5-6,16H,2-4,18H2,1H3. The highest BCUT2D eigenvalue weighted by atomic mass is 79.9. The third kappa shape index (κ3) is 2.79. The molecule has 2 aromatic rings. The molecule has 1 aromatic heterocycles. The van der Waals surface area contributed by atoms with Gasteiger partial charge in [0.25, 0.3) is 0 Å². The van der Waals surface area contributed by atoms with Gasteiger partial charge in [-0.15, -0.1) is 9.24 Å². The zero-order chi connectivity index (χ0) is 13.1. The fraction of sp³-hybridized carbons (Fsp3) is 0.333. The molecule has 0 aliphatic carbocycles. The molecule has 1 aromatic carbocycles. The predicted molar refractivity (Wildman–Crippen MR) is 78.5 cm³/mol. The number of aliphatic hydroxyl groups excluding tert-OH is 1. The van der Waals surface area contributed by atoms with E-state index < -0.39 is 0 Å². The molecule has 1 heterocycles. The Balaban J connectivity index is 2.64. The summed E-state index contributed by atoms with van der Waals surface area (Å²) in [7, 11) is 2.67. The van der Waals surface area contributed by atoms with Gasteiger partial charge in [0.1, 0.15) is 12.4 Å². The van der Waals surface area contributed by atoms with Crippen LogP contribution in [0.2, 0.25) is 0 Å². The Hall–Kier alpha value is -0.770. The summed E-state index contributed by atoms with van der Waals surface area (Å²) >= 11 is 3.45. The van der Waals surface area contributed by atoms with Crippen molar-refractivity contribution < 1.29 is 9.84 Å². The van der Waals surface area contributed by atoms with E-state index in [2.05, 4.69) is 35.1 Å². The second kappa shape index (κ2) is 5.91. The fourth-order valence-corrected chi connectivity index (χ4v) is 2.77. The Morgan fingerprint density at radius 2 is 2.17 bits per heavy atom. The number of ether oxygens (including phenoxy) is 1. The SMILES string of the molecule is CCc1nc(OCCO)c2cc(Br)cc(P)c2n1. The van der Waals surface area contributed by atoms with Crippen LogP contribution >= 0.6 is 25.2 Å². The largest absolute Gasteiger partial charge is 0.475 e. The molecule has 0 aliphatic rings. The highest BCUT2D eigenvalue weighted by Gasteiger charge is 2.11. The van der Waals surface area contributed by atoms with E-state index in [0.29, 0.717) is 5.88 Å². The molecule has 0 saturated heterocycles. The van der Waals surface area contributed by atoms with E-state index in [4.69, 9.17) is 9.84 Å². The second-order valence-electron chi connectivity index (χ2n) is 3.76. The molecule has 1 N–H and O–H groups in total. The maximum atomic E-state index is 8.85. The smallest absolute Gasteiger partial charge is 0.224 e. The van der Waals surface area contributed by atoms with Crippen molar-refractivity contribution in [3.63, 3.8) is 0 Å². The monoisotopic (exact) mass is 328 g/mol. The lowest BCUT2D eigenvalue weighted by atomic mass is 10.2. The number of halogens is 1. The van der Waals surface area contributed by atoms with Gasteiger partial charge in [0.05, 0.1) is 17.5 Å². The summed E-state index contributed by atoms with van der Waals surface area (Å²) in [4.78, 5) is 8.87. The fourth-order valence-electron chi connectivity index (χ4n) is 1.65. The van der Waals surface area contributed by atoms with E-state index in [1.54, 1.807) is 0 Å². The molecule has 0 fully saturated rings. The highest BCUT2D eigenvalue weighted by Crippen LogP contribution is 2.26. The van der Waals surface area contributed by atoms with Gasteiger partial charge in [0, 0.05) is 10.9 Å². The molecule has 2 rings (SSSR count). The molecule has 6 heteroatoms. The summed E-state index contributed by atoms with van der Waals surface area (Å²) in [6.07, 6.45) is 0.742. The number of aromatic nitrogens is 2. The van der Waals surface area contributed by atoms with Crippen molar-refractivity contribution in [3.05, 3.63) is 22.4 Å². The van der Waals surface area contributed by atoms with Crippen LogP contribution < -0.4 is 10.0 Å². The number of benzene rings is 1. The molecular formula is C12H14BrN2O2P. The Kier molecular flexibility index (Phi) is 4.49. The first-order valence-electron chi connectivity index (χ1n) is 5.65. The van der Waals surface area contributed by atoms with E-state index in [-0.39, 0.29) is 13.2 Å². The molecule has 18 heavy (non-hydrogen) atoms. The topological polar surface area (TPSA) is 55.2 Å². The first-order chi connectivity index (χ1) is 8.65. The molecule has 0 radical (unpaired) electrons. The van der Waals surface area contributed by atoms with Gasteiger partial charge in [-0.25, -0.2) is 4.98 Å². The minimum atomic E-state index is -0.0330. The van der Waals surface area contributed by atoms with E-state index in [9.17, 15) is 0 Å². The van der Waals surface area contributed by atoms with Crippen LogP contribution in [0.1, 0.15) is 12.7 Å². The minimum absolute atomic E-state index is 0.0330. The van der Waals surface area contributed by atoms with Crippen molar-refractivity contribution in [1.29, 1.82) is 0 Å². The van der Waals surface area contributed by atoms with E-state index in [1.165, 1.54) is 0 Å². The van der Waals surface area contributed by atoms with Gasteiger partial charge in [-0.1, -0.05) is 22.9 Å². The number of hydrogen-bond donors (Lipinski definition) is 1. The third-order valence-electron chi connectivity index (χ3n) is 2.45. The van der Waals surface area contributed by atoms with E-state index >= 15 is 0 Å². The van der Waals surface area contributed by atoms with Crippen LogP contribution in [0.5, 0.6) is 5.88 Å². The van der Waals surface area contributed by atoms with Crippen LogP contribution in [-0.4, -0.2) is 28.3 Å². The summed E-state index contributed by atoms with van der Waals surface area (Å²) in [5, 5.41) is 10.7. The second-order valence-corrected chi connectivity index (χ2v) is 5.30. The normalized spacial score (nSPS) is 10.9. The van der Waals surface area contributed by atoms with Crippen LogP contribution in [0.25, 0.3) is 10.9 Å². The minimum Gasteiger partial charge on any atom is -0.475 e. The lowest BCUT2D eigenvalue weighted by Gasteiger charge is -2.10. The first kappa shape index (κ1) is 13.7. The molecule has 0 spiro atoms. The summed E-state index contributed by atoms with van der Waals surface area (Å²) in [6.45, 7) is 2.20. The van der Waals surface area contributed by atoms with Gasteiger partial charge < -0.3 is 9.84 Å². The Labute approximate surface area is 116 Å². The van der Waals surface area contributed by atoms with Crippen molar-refractivity contribution in [2.45, 2.75) is 13.3 Å². The molecule has 1 atom stereocenters. The molecule has 1 unspecified atom stereocenters. The average molecular weight is 329 g/mol. The average Bonchev–Trinajstić information content (AvgIpc) is 2.36. The number of nitrogens with zero attached hydrogens (tertiary/aromatic N) is 2. The van der Waals surface area contributed by atoms with Gasteiger partial charge in [0.15, 0.2) is 0 Å². The van der Waals surface area contributed by atoms with Crippen LogP contribution in [0, 0.1) is 0 Å². The van der Waals surface area contributed by atoms with Crippen molar-refractivity contribution in [2.75, 3.05) is 13.2 Å². The summed E-state index contributed by atoms with van der Waals surface area (Å²) in [5.74, 6) is 1.26. The van der Waals surface area contributed by atoms with Gasteiger partial charge in [0.2, 0.25) is 5.88 Å². The van der Waals surface area contributed by atoms with Crippen LogP contribution in [0.4, 0.5) is 0 Å². The molecular weight excluding hydrogens is 315 g/mol. The summed E-state index contributed by atoms with van der Waals surface area (Å²) in [5.41, 5.74) is 0.864. The Morgan fingerprint density at radius 1 is 1.39 bits per heavy atom. The van der Waals surface area contributed by atoms with Crippen molar-refractivity contribution >= 4 is 41.4 Å². The quantitative estimate of drug-likeness (QED) is 0.870. The van der Waals surface area contributed by atoms with E-state index in [0.717, 1.165) is 32.9 Å².